The number of hydrogen-bond acceptors (Lipinski definition) is 4. The highest BCUT2D eigenvalue weighted by atomic mass is 16.6. The first-order chi connectivity index (χ1) is 15.6. The van der Waals surface area contributed by atoms with E-state index in [1.54, 1.807) is 17.0 Å². The van der Waals surface area contributed by atoms with Crippen LogP contribution in [0.25, 0.3) is 0 Å². The highest BCUT2D eigenvalue weighted by Gasteiger charge is 2.27. The third kappa shape index (κ3) is 4.74. The van der Waals surface area contributed by atoms with Crippen molar-refractivity contribution in [2.45, 2.75) is 51.6 Å². The minimum Gasteiger partial charge on any atom is -0.486 e. The molecule has 32 heavy (non-hydrogen) atoms. The molecular weight excluding hydrogens is 404 g/mol. The molecule has 1 saturated carbocycles. The van der Waals surface area contributed by atoms with Crippen LogP contribution in [0.4, 0.5) is 0 Å². The molecule has 1 aliphatic heterocycles. The molecule has 0 radical (unpaired) electrons. The maximum atomic E-state index is 13.5. The lowest BCUT2D eigenvalue weighted by atomic mass is 9.93. The number of carbonyl (C=O) groups excluding carboxylic acids is 2. The Morgan fingerprint density at radius 3 is 2.25 bits per heavy atom. The van der Waals surface area contributed by atoms with Gasteiger partial charge in [-0.2, -0.15) is 0 Å². The van der Waals surface area contributed by atoms with Gasteiger partial charge in [0.15, 0.2) is 11.5 Å². The molecule has 0 saturated heterocycles. The summed E-state index contributed by atoms with van der Waals surface area (Å²) in [6.45, 7) is 4.00. The van der Waals surface area contributed by atoms with Gasteiger partial charge in [0.2, 0.25) is 0 Å². The summed E-state index contributed by atoms with van der Waals surface area (Å²) in [5.41, 5.74) is 1.90. The second-order valence-corrected chi connectivity index (χ2v) is 8.55. The van der Waals surface area contributed by atoms with Gasteiger partial charge in [-0.3, -0.25) is 9.59 Å². The lowest BCUT2D eigenvalue weighted by Crippen LogP contribution is -2.39. The van der Waals surface area contributed by atoms with E-state index in [9.17, 15) is 9.59 Å². The average molecular weight is 437 g/mol. The third-order valence-corrected chi connectivity index (χ3v) is 6.48. The fraction of sp³-hybridized carbons (Fsp3) is 0.462. The molecule has 1 fully saturated rings. The topological polar surface area (TPSA) is 59.1 Å². The summed E-state index contributed by atoms with van der Waals surface area (Å²) < 4.78 is 11.3. The normalized spacial score (nSPS) is 15.8. The summed E-state index contributed by atoms with van der Waals surface area (Å²) >= 11 is 0. The van der Waals surface area contributed by atoms with Crippen LogP contribution in [-0.2, 0) is 6.54 Å². The first-order valence-electron chi connectivity index (χ1n) is 11.6. The predicted octanol–water partition coefficient (Wildman–Crippen LogP) is 4.52. The fourth-order valence-corrected chi connectivity index (χ4v) is 4.58. The Kier molecular flexibility index (Phi) is 6.98. The van der Waals surface area contributed by atoms with Gasteiger partial charge in [0, 0.05) is 26.2 Å². The highest BCUT2D eigenvalue weighted by Crippen LogP contribution is 2.31. The predicted molar refractivity (Wildman–Crippen MR) is 123 cm³/mol. The van der Waals surface area contributed by atoms with E-state index < -0.39 is 0 Å². The van der Waals surface area contributed by atoms with E-state index >= 15 is 0 Å². The van der Waals surface area contributed by atoms with Crippen molar-refractivity contribution in [3.05, 3.63) is 59.2 Å². The molecule has 170 valence electrons. The zero-order valence-corrected chi connectivity index (χ0v) is 19.0. The van der Waals surface area contributed by atoms with Gasteiger partial charge >= 0.3 is 0 Å². The van der Waals surface area contributed by atoms with Crippen molar-refractivity contribution in [1.82, 2.24) is 9.80 Å². The number of amides is 2. The largest absolute Gasteiger partial charge is 0.486 e. The van der Waals surface area contributed by atoms with Crippen LogP contribution in [0, 0.1) is 0 Å². The van der Waals surface area contributed by atoms with Crippen molar-refractivity contribution in [3.8, 4) is 11.5 Å². The second kappa shape index (κ2) is 10.1. The molecule has 0 aromatic heterocycles. The number of rotatable bonds is 6. The molecule has 1 heterocycles. The lowest BCUT2D eigenvalue weighted by molar-refractivity contribution is 0.0676. The molecule has 2 aromatic rings. The number of fused-ring (bicyclic) bond motifs is 1. The number of ether oxygens (including phenoxy) is 2. The van der Waals surface area contributed by atoms with Gasteiger partial charge in [-0.15, -0.1) is 0 Å². The summed E-state index contributed by atoms with van der Waals surface area (Å²) in [6, 6.07) is 13.2. The van der Waals surface area contributed by atoms with Crippen molar-refractivity contribution >= 4 is 11.8 Å². The zero-order chi connectivity index (χ0) is 22.5. The number of benzene rings is 2. The van der Waals surface area contributed by atoms with E-state index in [-0.39, 0.29) is 17.9 Å². The zero-order valence-electron chi connectivity index (χ0n) is 19.0. The monoisotopic (exact) mass is 436 g/mol. The fourth-order valence-electron chi connectivity index (χ4n) is 4.58. The highest BCUT2D eigenvalue weighted by molar-refractivity contribution is 6.07. The Balaban J connectivity index is 1.53. The molecule has 0 N–H and O–H groups in total. The van der Waals surface area contributed by atoms with Gasteiger partial charge < -0.3 is 19.3 Å². The van der Waals surface area contributed by atoms with Gasteiger partial charge in [-0.25, -0.2) is 0 Å². The first kappa shape index (κ1) is 22.2. The van der Waals surface area contributed by atoms with Gasteiger partial charge in [0.1, 0.15) is 13.2 Å². The van der Waals surface area contributed by atoms with Crippen LogP contribution >= 0.6 is 0 Å². The Hall–Kier alpha value is -3.02. The van der Waals surface area contributed by atoms with E-state index in [2.05, 4.69) is 0 Å². The SMILES string of the molecule is CCN(Cc1ccc2c(c1)OCCO2)C(=O)c1ccccc1C(=O)N(C)C1CCCCC1. The minimum absolute atomic E-state index is 0.0729. The van der Waals surface area contributed by atoms with Gasteiger partial charge in [-0.1, -0.05) is 37.5 Å². The van der Waals surface area contributed by atoms with Crippen molar-refractivity contribution < 1.29 is 19.1 Å². The molecule has 2 aliphatic rings. The molecule has 6 nitrogen and oxygen atoms in total. The van der Waals surface area contributed by atoms with Gasteiger partial charge in [0.25, 0.3) is 11.8 Å². The van der Waals surface area contributed by atoms with Crippen molar-refractivity contribution in [2.24, 2.45) is 0 Å². The van der Waals surface area contributed by atoms with Crippen molar-refractivity contribution in [2.75, 3.05) is 26.8 Å². The Bertz CT molecular complexity index is 968. The van der Waals surface area contributed by atoms with Crippen LogP contribution in [0.15, 0.2) is 42.5 Å². The van der Waals surface area contributed by atoms with Crippen molar-refractivity contribution in [3.63, 3.8) is 0 Å². The summed E-state index contributed by atoms with van der Waals surface area (Å²) in [7, 11) is 1.87. The molecule has 6 heteroatoms. The quantitative estimate of drug-likeness (QED) is 0.668. The summed E-state index contributed by atoms with van der Waals surface area (Å²) in [4.78, 5) is 30.4. The van der Waals surface area contributed by atoms with E-state index in [0.717, 1.165) is 37.0 Å². The van der Waals surface area contributed by atoms with Gasteiger partial charge in [-0.05, 0) is 49.6 Å². The Morgan fingerprint density at radius 1 is 0.906 bits per heavy atom. The summed E-state index contributed by atoms with van der Waals surface area (Å²) in [5, 5.41) is 0. The van der Waals surface area contributed by atoms with Crippen LogP contribution in [0.2, 0.25) is 0 Å². The van der Waals surface area contributed by atoms with E-state index in [4.69, 9.17) is 9.47 Å². The third-order valence-electron chi connectivity index (χ3n) is 6.48. The Morgan fingerprint density at radius 2 is 1.56 bits per heavy atom. The van der Waals surface area contributed by atoms with E-state index in [0.29, 0.717) is 43.2 Å². The maximum Gasteiger partial charge on any atom is 0.254 e. The Labute approximate surface area is 190 Å². The maximum absolute atomic E-state index is 13.5. The first-order valence-corrected chi connectivity index (χ1v) is 11.6. The molecule has 0 atom stereocenters. The smallest absolute Gasteiger partial charge is 0.254 e. The average Bonchev–Trinajstić information content (AvgIpc) is 2.86. The molecule has 1 aliphatic carbocycles. The summed E-state index contributed by atoms with van der Waals surface area (Å²) in [6.07, 6.45) is 5.61. The van der Waals surface area contributed by atoms with E-state index in [1.165, 1.54) is 6.42 Å². The van der Waals surface area contributed by atoms with Crippen LogP contribution < -0.4 is 9.47 Å². The molecular formula is C26H32N2O4. The van der Waals surface area contributed by atoms with Crippen LogP contribution in [-0.4, -0.2) is 54.5 Å². The molecule has 2 aromatic carbocycles. The standard InChI is InChI=1S/C26H32N2O4/c1-3-28(18-19-13-14-23-24(17-19)32-16-15-31-23)26(30)22-12-8-7-11-21(22)25(29)27(2)20-9-5-4-6-10-20/h7-8,11-14,17,20H,3-6,9-10,15-16,18H2,1-2H3. The molecule has 0 bridgehead atoms. The van der Waals surface area contributed by atoms with Crippen molar-refractivity contribution in [1.29, 1.82) is 0 Å². The van der Waals surface area contributed by atoms with Crippen LogP contribution in [0.1, 0.15) is 65.3 Å². The molecule has 0 spiro atoms. The van der Waals surface area contributed by atoms with Crippen LogP contribution in [0.3, 0.4) is 0 Å². The second-order valence-electron chi connectivity index (χ2n) is 8.55. The number of nitrogens with zero attached hydrogens (tertiary/aromatic N) is 2. The van der Waals surface area contributed by atoms with Gasteiger partial charge in [0.05, 0.1) is 11.1 Å². The lowest BCUT2D eigenvalue weighted by Gasteiger charge is -2.32. The minimum atomic E-state index is -0.136. The van der Waals surface area contributed by atoms with Crippen LogP contribution in [0.5, 0.6) is 11.5 Å². The molecule has 2 amide bonds. The summed E-state index contributed by atoms with van der Waals surface area (Å²) in [5.74, 6) is 1.23. The number of hydrogen-bond donors (Lipinski definition) is 0. The molecule has 0 unspecified atom stereocenters. The molecule has 4 rings (SSSR count). The number of carbonyl (C=O) groups is 2. The van der Waals surface area contributed by atoms with E-state index in [1.807, 2.05) is 49.2 Å².